The lowest BCUT2D eigenvalue weighted by Gasteiger charge is -2.12. The predicted octanol–water partition coefficient (Wildman–Crippen LogP) is 2.51. The summed E-state index contributed by atoms with van der Waals surface area (Å²) in [4.78, 5) is 27.1. The summed E-state index contributed by atoms with van der Waals surface area (Å²) in [6, 6.07) is 12.8. The van der Waals surface area contributed by atoms with Gasteiger partial charge in [-0.05, 0) is 42.3 Å². The lowest BCUT2D eigenvalue weighted by Crippen LogP contribution is -2.27. The first-order valence-corrected chi connectivity index (χ1v) is 11.2. The van der Waals surface area contributed by atoms with Gasteiger partial charge in [-0.25, -0.2) is 0 Å². The number of H-pyrrole nitrogens is 1. The van der Waals surface area contributed by atoms with E-state index in [4.69, 9.17) is 18.9 Å². The average molecular weight is 483 g/mol. The number of benzene rings is 2. The average Bonchev–Trinajstić information content (AvgIpc) is 2.89. The standard InChI is InChI=1S/C25H30N4O6/c1-32-13-5-12-26-23(30)11-9-20-25(31)27-24(29-28-20)18-8-10-21(22(15-18)34-3)35-16-17-6-4-7-19(14-17)33-2/h4,6-8,10,14-15H,5,9,11-13,16H2,1-3H3,(H,26,30)(H,27,29,31). The molecular formula is C25H30N4O6. The molecule has 35 heavy (non-hydrogen) atoms. The van der Waals surface area contributed by atoms with Crippen molar-refractivity contribution in [1.82, 2.24) is 20.5 Å². The summed E-state index contributed by atoms with van der Waals surface area (Å²) < 4.78 is 21.6. The van der Waals surface area contributed by atoms with Crippen molar-refractivity contribution in [2.75, 3.05) is 34.5 Å². The van der Waals surface area contributed by atoms with Gasteiger partial charge in [0.1, 0.15) is 18.1 Å². The molecule has 0 aliphatic heterocycles. The van der Waals surface area contributed by atoms with Gasteiger partial charge in [0.05, 0.1) is 14.2 Å². The third-order valence-electron chi connectivity index (χ3n) is 5.17. The number of aromatic amines is 1. The number of rotatable bonds is 13. The first kappa shape index (κ1) is 25.7. The zero-order valence-corrected chi connectivity index (χ0v) is 20.1. The van der Waals surface area contributed by atoms with E-state index in [1.165, 1.54) is 7.11 Å². The Morgan fingerprint density at radius 3 is 2.63 bits per heavy atom. The Kier molecular flexibility index (Phi) is 9.61. The first-order valence-electron chi connectivity index (χ1n) is 11.2. The molecule has 186 valence electrons. The Balaban J connectivity index is 1.63. The molecule has 1 heterocycles. The summed E-state index contributed by atoms with van der Waals surface area (Å²) in [5, 5.41) is 10.9. The first-order chi connectivity index (χ1) is 17.0. The molecule has 0 aliphatic rings. The number of nitrogens with zero attached hydrogens (tertiary/aromatic N) is 2. The number of nitrogens with one attached hydrogen (secondary N) is 2. The fourth-order valence-electron chi connectivity index (χ4n) is 3.28. The molecule has 0 saturated heterocycles. The fourth-order valence-corrected chi connectivity index (χ4v) is 3.28. The monoisotopic (exact) mass is 482 g/mol. The molecule has 10 heteroatoms. The van der Waals surface area contributed by atoms with E-state index in [0.29, 0.717) is 42.6 Å². The van der Waals surface area contributed by atoms with Gasteiger partial charge in [0, 0.05) is 38.7 Å². The van der Waals surface area contributed by atoms with Crippen molar-refractivity contribution in [3.8, 4) is 28.6 Å². The quantitative estimate of drug-likeness (QED) is 0.356. The van der Waals surface area contributed by atoms with Gasteiger partial charge in [-0.1, -0.05) is 12.1 Å². The number of amides is 1. The minimum absolute atomic E-state index is 0.150. The van der Waals surface area contributed by atoms with Crippen LogP contribution >= 0.6 is 0 Å². The minimum atomic E-state index is -0.389. The summed E-state index contributed by atoms with van der Waals surface area (Å²) in [5.74, 6) is 1.92. The minimum Gasteiger partial charge on any atom is -0.497 e. The second-order valence-corrected chi connectivity index (χ2v) is 7.65. The zero-order valence-electron chi connectivity index (χ0n) is 20.1. The van der Waals surface area contributed by atoms with Gasteiger partial charge >= 0.3 is 0 Å². The lowest BCUT2D eigenvalue weighted by molar-refractivity contribution is -0.121. The molecule has 0 saturated carbocycles. The summed E-state index contributed by atoms with van der Waals surface area (Å²) in [6.45, 7) is 1.43. The van der Waals surface area contributed by atoms with Crippen molar-refractivity contribution in [3.05, 3.63) is 64.1 Å². The van der Waals surface area contributed by atoms with E-state index in [0.717, 1.165) is 17.7 Å². The van der Waals surface area contributed by atoms with Crippen LogP contribution in [0.25, 0.3) is 11.4 Å². The van der Waals surface area contributed by atoms with Crippen LogP contribution in [0.5, 0.6) is 17.2 Å². The number of aromatic nitrogens is 3. The topological polar surface area (TPSA) is 125 Å². The molecule has 10 nitrogen and oxygen atoms in total. The van der Waals surface area contributed by atoms with Gasteiger partial charge in [-0.15, -0.1) is 10.2 Å². The number of methoxy groups -OCH3 is 3. The summed E-state index contributed by atoms with van der Waals surface area (Å²) in [5.41, 5.74) is 1.37. The van der Waals surface area contributed by atoms with Crippen LogP contribution in [-0.2, 0) is 22.6 Å². The van der Waals surface area contributed by atoms with E-state index in [9.17, 15) is 9.59 Å². The normalized spacial score (nSPS) is 10.6. The van der Waals surface area contributed by atoms with Gasteiger partial charge in [-0.2, -0.15) is 0 Å². The third-order valence-corrected chi connectivity index (χ3v) is 5.17. The Hall–Kier alpha value is -3.92. The predicted molar refractivity (Wildman–Crippen MR) is 130 cm³/mol. The fraction of sp³-hybridized carbons (Fsp3) is 0.360. The molecule has 1 aromatic heterocycles. The zero-order chi connectivity index (χ0) is 25.0. The van der Waals surface area contributed by atoms with E-state index in [-0.39, 0.29) is 30.0 Å². The number of carbonyl (C=O) groups is 1. The number of carbonyl (C=O) groups excluding carboxylic acids is 1. The lowest BCUT2D eigenvalue weighted by atomic mass is 10.2. The van der Waals surface area contributed by atoms with Gasteiger partial charge in [-0.3, -0.25) is 9.59 Å². The highest BCUT2D eigenvalue weighted by molar-refractivity contribution is 5.76. The van der Waals surface area contributed by atoms with E-state index >= 15 is 0 Å². The maximum absolute atomic E-state index is 12.5. The highest BCUT2D eigenvalue weighted by Crippen LogP contribution is 2.31. The Bertz CT molecular complexity index is 1180. The SMILES string of the molecule is COCCCNC(=O)CCc1nnc(-c2ccc(OCc3cccc(OC)c3)c(OC)c2)[nH]c1=O. The Morgan fingerprint density at radius 2 is 1.89 bits per heavy atom. The molecule has 0 aliphatic carbocycles. The van der Waals surface area contributed by atoms with Gasteiger partial charge in [0.15, 0.2) is 17.3 Å². The van der Waals surface area contributed by atoms with Crippen LogP contribution in [0.4, 0.5) is 0 Å². The molecule has 0 bridgehead atoms. The number of aryl methyl sites for hydroxylation is 1. The molecule has 0 unspecified atom stereocenters. The van der Waals surface area contributed by atoms with Gasteiger partial charge < -0.3 is 29.2 Å². The van der Waals surface area contributed by atoms with E-state index < -0.39 is 0 Å². The molecule has 0 atom stereocenters. The van der Waals surface area contributed by atoms with Crippen LogP contribution in [0, 0.1) is 0 Å². The van der Waals surface area contributed by atoms with Crippen LogP contribution in [0.2, 0.25) is 0 Å². The summed E-state index contributed by atoms with van der Waals surface area (Å²) in [6.07, 6.45) is 1.07. The molecule has 0 radical (unpaired) electrons. The second kappa shape index (κ2) is 13.1. The molecule has 3 aromatic rings. The largest absolute Gasteiger partial charge is 0.497 e. The summed E-state index contributed by atoms with van der Waals surface area (Å²) >= 11 is 0. The molecule has 0 fully saturated rings. The smallest absolute Gasteiger partial charge is 0.273 e. The maximum atomic E-state index is 12.5. The number of ether oxygens (including phenoxy) is 4. The Morgan fingerprint density at radius 1 is 1.03 bits per heavy atom. The molecule has 2 aromatic carbocycles. The second-order valence-electron chi connectivity index (χ2n) is 7.65. The van der Waals surface area contributed by atoms with Crippen LogP contribution in [-0.4, -0.2) is 55.6 Å². The highest BCUT2D eigenvalue weighted by atomic mass is 16.5. The Labute approximate surface area is 203 Å². The third kappa shape index (κ3) is 7.54. The van der Waals surface area contributed by atoms with E-state index in [2.05, 4.69) is 20.5 Å². The van der Waals surface area contributed by atoms with Crippen molar-refractivity contribution in [1.29, 1.82) is 0 Å². The van der Waals surface area contributed by atoms with Crippen molar-refractivity contribution in [3.63, 3.8) is 0 Å². The van der Waals surface area contributed by atoms with E-state index in [1.54, 1.807) is 32.4 Å². The highest BCUT2D eigenvalue weighted by Gasteiger charge is 2.12. The molecular weight excluding hydrogens is 452 g/mol. The van der Waals surface area contributed by atoms with Crippen molar-refractivity contribution >= 4 is 5.91 Å². The van der Waals surface area contributed by atoms with Crippen molar-refractivity contribution < 1.29 is 23.7 Å². The summed E-state index contributed by atoms with van der Waals surface area (Å²) in [7, 11) is 4.76. The van der Waals surface area contributed by atoms with Gasteiger partial charge in [0.2, 0.25) is 5.91 Å². The maximum Gasteiger partial charge on any atom is 0.273 e. The van der Waals surface area contributed by atoms with Gasteiger partial charge in [0.25, 0.3) is 5.56 Å². The van der Waals surface area contributed by atoms with Crippen molar-refractivity contribution in [2.45, 2.75) is 25.9 Å². The molecule has 3 rings (SSSR count). The van der Waals surface area contributed by atoms with Crippen LogP contribution in [0.3, 0.4) is 0 Å². The number of hydrogen-bond donors (Lipinski definition) is 2. The number of hydrogen-bond acceptors (Lipinski definition) is 8. The van der Waals surface area contributed by atoms with Crippen LogP contribution in [0.1, 0.15) is 24.1 Å². The molecule has 0 spiro atoms. The van der Waals surface area contributed by atoms with Crippen LogP contribution in [0.15, 0.2) is 47.3 Å². The van der Waals surface area contributed by atoms with Crippen LogP contribution < -0.4 is 25.1 Å². The van der Waals surface area contributed by atoms with Crippen molar-refractivity contribution in [2.24, 2.45) is 0 Å². The molecule has 2 N–H and O–H groups in total. The van der Waals surface area contributed by atoms with E-state index in [1.807, 2.05) is 24.3 Å². The molecule has 1 amide bonds.